The van der Waals surface area contributed by atoms with E-state index >= 15 is 0 Å². The molecule has 0 amide bonds. The maximum atomic E-state index is 11.4. The second kappa shape index (κ2) is 4.00. The summed E-state index contributed by atoms with van der Waals surface area (Å²) in [6, 6.07) is 0. The third kappa shape index (κ3) is 1.68. The number of hydrogen-bond donors (Lipinski definition) is 2. The Bertz CT molecular complexity index is 473. The number of carboxylic acids is 1. The summed E-state index contributed by atoms with van der Waals surface area (Å²) in [5, 5.41) is 8.98. The summed E-state index contributed by atoms with van der Waals surface area (Å²) in [4.78, 5) is 27.0. The number of nitrogens with zero attached hydrogens (tertiary/aromatic N) is 1. The van der Waals surface area contributed by atoms with Gasteiger partial charge in [0.1, 0.15) is 5.56 Å². The fourth-order valence-corrected chi connectivity index (χ4v) is 2.16. The molecular weight excluding hydrogens is 208 g/mol. The molecule has 0 radical (unpaired) electrons. The molecular formula is C11H14N2O3. The lowest BCUT2D eigenvalue weighted by molar-refractivity contribution is 0.0694. The topological polar surface area (TPSA) is 73.4 Å². The molecule has 0 aliphatic carbocycles. The molecule has 0 aromatic carbocycles. The molecule has 1 aliphatic rings. The first-order valence-electron chi connectivity index (χ1n) is 5.32. The van der Waals surface area contributed by atoms with Gasteiger partial charge in [-0.05, 0) is 25.3 Å². The molecule has 5 heteroatoms. The van der Waals surface area contributed by atoms with E-state index in [-0.39, 0.29) is 5.56 Å². The van der Waals surface area contributed by atoms with Crippen LogP contribution in [0, 0.1) is 6.92 Å². The molecule has 0 unspecified atom stereocenters. The predicted octanol–water partition coefficient (Wildman–Crippen LogP) is 0.982. The van der Waals surface area contributed by atoms with E-state index in [4.69, 9.17) is 5.11 Å². The number of aromatic amines is 1. The number of rotatable bonds is 2. The maximum absolute atomic E-state index is 11.4. The molecule has 1 aromatic rings. The zero-order chi connectivity index (χ0) is 11.7. The summed E-state index contributed by atoms with van der Waals surface area (Å²) >= 11 is 0. The van der Waals surface area contributed by atoms with E-state index in [1.54, 1.807) is 13.1 Å². The van der Waals surface area contributed by atoms with Crippen LogP contribution in [0.3, 0.4) is 0 Å². The largest absolute Gasteiger partial charge is 0.477 e. The Kier molecular flexibility index (Phi) is 2.68. The van der Waals surface area contributed by atoms with Gasteiger partial charge in [0.05, 0.1) is 5.69 Å². The van der Waals surface area contributed by atoms with E-state index < -0.39 is 11.5 Å². The lowest BCUT2D eigenvalue weighted by atomic mass is 10.1. The number of anilines is 1. The Morgan fingerprint density at radius 1 is 1.44 bits per heavy atom. The van der Waals surface area contributed by atoms with Crippen LogP contribution in [0.5, 0.6) is 0 Å². The van der Waals surface area contributed by atoms with Gasteiger partial charge in [-0.25, -0.2) is 4.79 Å². The van der Waals surface area contributed by atoms with Crippen molar-refractivity contribution in [2.24, 2.45) is 0 Å². The van der Waals surface area contributed by atoms with Crippen LogP contribution in [-0.2, 0) is 0 Å². The van der Waals surface area contributed by atoms with E-state index in [1.165, 1.54) is 0 Å². The summed E-state index contributed by atoms with van der Waals surface area (Å²) < 4.78 is 0. The Morgan fingerprint density at radius 3 is 2.62 bits per heavy atom. The number of H-pyrrole nitrogens is 1. The molecule has 86 valence electrons. The van der Waals surface area contributed by atoms with Gasteiger partial charge in [0.25, 0.3) is 5.56 Å². The second-order valence-corrected chi connectivity index (χ2v) is 4.00. The standard InChI is InChI=1S/C11H14N2O3/c1-7-8(13-4-2-3-5-13)6-12-10(14)9(7)11(15)16/h6H,2-5H2,1H3,(H,12,14)(H,15,16). The first-order chi connectivity index (χ1) is 7.61. The first kappa shape index (κ1) is 10.7. The van der Waals surface area contributed by atoms with Crippen molar-refractivity contribution in [3.8, 4) is 0 Å². The molecule has 1 aliphatic heterocycles. The molecule has 16 heavy (non-hydrogen) atoms. The number of hydrogen-bond acceptors (Lipinski definition) is 3. The van der Waals surface area contributed by atoms with Crippen molar-refractivity contribution in [1.29, 1.82) is 0 Å². The Labute approximate surface area is 92.7 Å². The van der Waals surface area contributed by atoms with E-state index in [0.717, 1.165) is 31.6 Å². The Hall–Kier alpha value is -1.78. The van der Waals surface area contributed by atoms with Crippen LogP contribution in [-0.4, -0.2) is 29.1 Å². The van der Waals surface area contributed by atoms with E-state index in [0.29, 0.717) is 5.56 Å². The maximum Gasteiger partial charge on any atom is 0.341 e. The van der Waals surface area contributed by atoms with Gasteiger partial charge in [0, 0.05) is 19.3 Å². The first-order valence-corrected chi connectivity index (χ1v) is 5.32. The zero-order valence-corrected chi connectivity index (χ0v) is 9.12. The number of carbonyl (C=O) groups is 1. The van der Waals surface area contributed by atoms with E-state index in [2.05, 4.69) is 9.88 Å². The van der Waals surface area contributed by atoms with Crippen LogP contribution in [0.15, 0.2) is 11.0 Å². The summed E-state index contributed by atoms with van der Waals surface area (Å²) in [6.45, 7) is 3.53. The molecule has 1 saturated heterocycles. The predicted molar refractivity (Wildman–Crippen MR) is 60.2 cm³/mol. The Morgan fingerprint density at radius 2 is 2.06 bits per heavy atom. The molecule has 0 spiro atoms. The number of pyridine rings is 1. The highest BCUT2D eigenvalue weighted by Gasteiger charge is 2.20. The van der Waals surface area contributed by atoms with Crippen molar-refractivity contribution in [3.05, 3.63) is 27.7 Å². The number of aromatic carboxylic acids is 1. The fourth-order valence-electron chi connectivity index (χ4n) is 2.16. The van der Waals surface area contributed by atoms with Gasteiger partial charge >= 0.3 is 5.97 Å². The van der Waals surface area contributed by atoms with Crippen molar-refractivity contribution in [2.75, 3.05) is 18.0 Å². The average Bonchev–Trinajstić information content (AvgIpc) is 2.70. The third-order valence-corrected chi connectivity index (χ3v) is 2.99. The van der Waals surface area contributed by atoms with Crippen LogP contribution in [0.25, 0.3) is 0 Å². The van der Waals surface area contributed by atoms with Gasteiger partial charge in [-0.2, -0.15) is 0 Å². The molecule has 2 N–H and O–H groups in total. The minimum Gasteiger partial charge on any atom is -0.477 e. The highest BCUT2D eigenvalue weighted by Crippen LogP contribution is 2.23. The van der Waals surface area contributed by atoms with Gasteiger partial charge < -0.3 is 15.0 Å². The van der Waals surface area contributed by atoms with E-state index in [1.807, 2.05) is 0 Å². The van der Waals surface area contributed by atoms with Crippen LogP contribution in [0.4, 0.5) is 5.69 Å². The number of aromatic nitrogens is 1. The third-order valence-electron chi connectivity index (χ3n) is 2.99. The lowest BCUT2D eigenvalue weighted by Crippen LogP contribution is -2.25. The minimum atomic E-state index is -1.17. The van der Waals surface area contributed by atoms with Crippen LogP contribution >= 0.6 is 0 Å². The van der Waals surface area contributed by atoms with Gasteiger partial charge in [-0.15, -0.1) is 0 Å². The van der Waals surface area contributed by atoms with Crippen molar-refractivity contribution in [1.82, 2.24) is 4.98 Å². The van der Waals surface area contributed by atoms with Crippen molar-refractivity contribution >= 4 is 11.7 Å². The van der Waals surface area contributed by atoms with Gasteiger partial charge in [0.2, 0.25) is 0 Å². The summed E-state index contributed by atoms with van der Waals surface area (Å²) in [5.74, 6) is -1.17. The smallest absolute Gasteiger partial charge is 0.341 e. The van der Waals surface area contributed by atoms with Crippen LogP contribution in [0.1, 0.15) is 28.8 Å². The summed E-state index contributed by atoms with van der Waals surface area (Å²) in [6.07, 6.45) is 3.83. The molecule has 0 atom stereocenters. The van der Waals surface area contributed by atoms with Crippen molar-refractivity contribution < 1.29 is 9.90 Å². The van der Waals surface area contributed by atoms with E-state index in [9.17, 15) is 9.59 Å². The summed E-state index contributed by atoms with van der Waals surface area (Å²) in [7, 11) is 0. The second-order valence-electron chi connectivity index (χ2n) is 4.00. The van der Waals surface area contributed by atoms with Crippen LogP contribution < -0.4 is 10.5 Å². The highest BCUT2D eigenvalue weighted by molar-refractivity contribution is 5.90. The monoisotopic (exact) mass is 222 g/mol. The SMILES string of the molecule is Cc1c(N2CCCC2)c[nH]c(=O)c1C(=O)O. The highest BCUT2D eigenvalue weighted by atomic mass is 16.4. The summed E-state index contributed by atoms with van der Waals surface area (Å²) in [5.41, 5.74) is 0.699. The zero-order valence-electron chi connectivity index (χ0n) is 9.12. The number of nitrogens with one attached hydrogen (secondary N) is 1. The Balaban J connectivity index is 2.51. The molecule has 2 rings (SSSR count). The van der Waals surface area contributed by atoms with Gasteiger partial charge in [-0.1, -0.05) is 0 Å². The quantitative estimate of drug-likeness (QED) is 0.782. The van der Waals surface area contributed by atoms with Crippen molar-refractivity contribution in [2.45, 2.75) is 19.8 Å². The molecule has 0 bridgehead atoms. The normalized spacial score (nSPS) is 15.4. The van der Waals surface area contributed by atoms with Gasteiger partial charge in [0.15, 0.2) is 0 Å². The molecule has 2 heterocycles. The lowest BCUT2D eigenvalue weighted by Gasteiger charge is -2.20. The number of carboxylic acid groups (broad SMARTS) is 1. The van der Waals surface area contributed by atoms with Crippen LogP contribution in [0.2, 0.25) is 0 Å². The van der Waals surface area contributed by atoms with Crippen molar-refractivity contribution in [3.63, 3.8) is 0 Å². The molecule has 1 fully saturated rings. The average molecular weight is 222 g/mol. The minimum absolute atomic E-state index is 0.149. The molecule has 0 saturated carbocycles. The fraction of sp³-hybridized carbons (Fsp3) is 0.455. The molecule has 1 aromatic heterocycles. The molecule has 5 nitrogen and oxygen atoms in total. The van der Waals surface area contributed by atoms with Gasteiger partial charge in [-0.3, -0.25) is 4.79 Å².